The van der Waals surface area contributed by atoms with Crippen molar-refractivity contribution in [3.63, 3.8) is 0 Å². The maximum Gasteiger partial charge on any atom is 0.261 e. The number of nitrogens with one attached hydrogen (secondary N) is 1. The fourth-order valence-electron chi connectivity index (χ4n) is 2.79. The molecule has 0 aliphatic carbocycles. The summed E-state index contributed by atoms with van der Waals surface area (Å²) in [5.41, 5.74) is 3.22. The Hall–Kier alpha value is -3.26. The summed E-state index contributed by atoms with van der Waals surface area (Å²) in [4.78, 5) is 21.3. The number of pyridine rings is 1. The summed E-state index contributed by atoms with van der Waals surface area (Å²) in [5, 5.41) is 7.06. The van der Waals surface area contributed by atoms with Gasteiger partial charge in [0.25, 0.3) is 5.91 Å². The van der Waals surface area contributed by atoms with Crippen LogP contribution in [0.15, 0.2) is 59.3 Å². The molecule has 0 saturated heterocycles. The van der Waals surface area contributed by atoms with Crippen LogP contribution in [0, 0.1) is 13.8 Å². The number of rotatable bonds is 4. The Kier molecular flexibility index (Phi) is 4.79. The molecule has 7 nitrogen and oxygen atoms in total. The molecule has 4 rings (SSSR count). The van der Waals surface area contributed by atoms with Crippen LogP contribution < -0.4 is 10.1 Å². The van der Waals surface area contributed by atoms with Crippen LogP contribution in [-0.2, 0) is 0 Å². The number of aromatic nitrogens is 4. The largest absolute Gasteiger partial charge is 0.439 e. The molecule has 1 aromatic carbocycles. The van der Waals surface area contributed by atoms with E-state index in [0.29, 0.717) is 28.5 Å². The number of carbonyl (C=O) groups is 1. The first-order valence-corrected chi connectivity index (χ1v) is 9.32. The number of anilines is 1. The van der Waals surface area contributed by atoms with Crippen molar-refractivity contribution in [2.45, 2.75) is 13.8 Å². The van der Waals surface area contributed by atoms with Crippen molar-refractivity contribution in [2.24, 2.45) is 0 Å². The Balaban J connectivity index is 1.51. The van der Waals surface area contributed by atoms with Gasteiger partial charge in [0.05, 0.1) is 18.1 Å². The van der Waals surface area contributed by atoms with Gasteiger partial charge in [-0.3, -0.25) is 4.79 Å². The van der Waals surface area contributed by atoms with Crippen molar-refractivity contribution < 1.29 is 9.53 Å². The van der Waals surface area contributed by atoms with Gasteiger partial charge in [0.15, 0.2) is 5.65 Å². The van der Waals surface area contributed by atoms with Gasteiger partial charge in [-0.1, -0.05) is 22.0 Å². The smallest absolute Gasteiger partial charge is 0.261 e. The minimum Gasteiger partial charge on any atom is -0.439 e. The first kappa shape index (κ1) is 18.1. The molecule has 0 saturated carbocycles. The molecule has 4 aromatic rings. The van der Waals surface area contributed by atoms with E-state index in [1.165, 1.54) is 6.20 Å². The van der Waals surface area contributed by atoms with Crippen LogP contribution in [0.4, 0.5) is 5.69 Å². The second-order valence-corrected chi connectivity index (χ2v) is 7.15. The predicted octanol–water partition coefficient (Wildman–Crippen LogP) is 4.55. The van der Waals surface area contributed by atoms with Gasteiger partial charge >= 0.3 is 0 Å². The molecule has 0 unspecified atom stereocenters. The monoisotopic (exact) mass is 437 g/mol. The summed E-state index contributed by atoms with van der Waals surface area (Å²) in [6.07, 6.45) is 3.06. The van der Waals surface area contributed by atoms with Crippen LogP contribution in [0.25, 0.3) is 5.65 Å². The van der Waals surface area contributed by atoms with E-state index in [9.17, 15) is 4.79 Å². The maximum atomic E-state index is 12.7. The molecule has 0 radical (unpaired) electrons. The molecule has 0 aliphatic rings. The second-order valence-electron chi connectivity index (χ2n) is 6.23. The first-order chi connectivity index (χ1) is 13.5. The summed E-state index contributed by atoms with van der Waals surface area (Å²) >= 11 is 3.40. The lowest BCUT2D eigenvalue weighted by Gasteiger charge is -2.07. The van der Waals surface area contributed by atoms with E-state index < -0.39 is 0 Å². The Morgan fingerprint density at radius 1 is 1.14 bits per heavy atom. The van der Waals surface area contributed by atoms with Crippen LogP contribution >= 0.6 is 15.9 Å². The van der Waals surface area contributed by atoms with Crippen molar-refractivity contribution in [2.75, 3.05) is 5.32 Å². The Bertz CT molecular complexity index is 1170. The molecule has 0 aliphatic heterocycles. The molecule has 0 atom stereocenters. The number of benzene rings is 1. The zero-order chi connectivity index (χ0) is 19.7. The SMILES string of the molecule is Cc1cc(C)n2ncc(C(=O)Nc3ccc(Oc4cccc(Br)c4)nc3)c2n1. The zero-order valence-corrected chi connectivity index (χ0v) is 16.8. The summed E-state index contributed by atoms with van der Waals surface area (Å²) in [5.74, 6) is 0.803. The molecular weight excluding hydrogens is 422 g/mol. The van der Waals surface area contributed by atoms with Crippen LogP contribution in [0.5, 0.6) is 11.6 Å². The highest BCUT2D eigenvalue weighted by Gasteiger charge is 2.16. The summed E-state index contributed by atoms with van der Waals surface area (Å²) in [7, 11) is 0. The Morgan fingerprint density at radius 2 is 2.00 bits per heavy atom. The zero-order valence-electron chi connectivity index (χ0n) is 15.2. The molecule has 8 heteroatoms. The normalized spacial score (nSPS) is 10.8. The molecular formula is C20H16BrN5O2. The number of ether oxygens (including phenoxy) is 1. The molecule has 3 aromatic heterocycles. The lowest BCUT2D eigenvalue weighted by molar-refractivity contribution is 0.102. The van der Waals surface area contributed by atoms with Gasteiger partial charge in [-0.25, -0.2) is 14.5 Å². The maximum absolute atomic E-state index is 12.7. The number of amides is 1. The molecule has 3 heterocycles. The number of fused-ring (bicyclic) bond motifs is 1. The van der Waals surface area contributed by atoms with E-state index in [2.05, 4.69) is 36.3 Å². The number of carbonyl (C=O) groups excluding carboxylic acids is 1. The molecule has 28 heavy (non-hydrogen) atoms. The van der Waals surface area contributed by atoms with Crippen molar-refractivity contribution in [3.8, 4) is 11.6 Å². The van der Waals surface area contributed by atoms with Gasteiger partial charge in [0, 0.05) is 21.9 Å². The molecule has 0 spiro atoms. The van der Waals surface area contributed by atoms with E-state index >= 15 is 0 Å². The highest BCUT2D eigenvalue weighted by molar-refractivity contribution is 9.10. The van der Waals surface area contributed by atoms with Crippen molar-refractivity contribution in [1.29, 1.82) is 0 Å². The standard InChI is InChI=1S/C20H16BrN5O2/c1-12-8-13(2)26-19(24-12)17(11-23-26)20(27)25-15-6-7-18(22-10-15)28-16-5-3-4-14(21)9-16/h3-11H,1-2H3,(H,25,27). The molecule has 140 valence electrons. The van der Waals surface area contributed by atoms with E-state index in [1.807, 2.05) is 44.2 Å². The number of nitrogens with zero attached hydrogens (tertiary/aromatic N) is 4. The predicted molar refractivity (Wildman–Crippen MR) is 109 cm³/mol. The average molecular weight is 438 g/mol. The first-order valence-electron chi connectivity index (χ1n) is 8.52. The fourth-order valence-corrected chi connectivity index (χ4v) is 3.17. The molecule has 1 N–H and O–H groups in total. The highest BCUT2D eigenvalue weighted by atomic mass is 79.9. The summed E-state index contributed by atoms with van der Waals surface area (Å²) in [6, 6.07) is 12.8. The second kappa shape index (κ2) is 7.40. The third-order valence-corrected chi connectivity index (χ3v) is 4.53. The van der Waals surface area contributed by atoms with Crippen LogP contribution in [0.3, 0.4) is 0 Å². The van der Waals surface area contributed by atoms with Gasteiger partial charge in [-0.2, -0.15) is 5.10 Å². The van der Waals surface area contributed by atoms with E-state index in [4.69, 9.17) is 4.74 Å². The Labute approximate surface area is 169 Å². The molecule has 0 fully saturated rings. The lowest BCUT2D eigenvalue weighted by Crippen LogP contribution is -2.12. The van der Waals surface area contributed by atoms with Crippen molar-refractivity contribution >= 4 is 33.2 Å². The quantitative estimate of drug-likeness (QED) is 0.506. The average Bonchev–Trinajstić information content (AvgIpc) is 3.07. The number of halogens is 1. The number of hydrogen-bond acceptors (Lipinski definition) is 5. The summed E-state index contributed by atoms with van der Waals surface area (Å²) in [6.45, 7) is 3.81. The summed E-state index contributed by atoms with van der Waals surface area (Å²) < 4.78 is 8.26. The van der Waals surface area contributed by atoms with E-state index in [0.717, 1.165) is 15.9 Å². The Morgan fingerprint density at radius 3 is 2.75 bits per heavy atom. The van der Waals surface area contributed by atoms with Crippen LogP contribution in [-0.4, -0.2) is 25.5 Å². The highest BCUT2D eigenvalue weighted by Crippen LogP contribution is 2.24. The van der Waals surface area contributed by atoms with Crippen LogP contribution in [0.1, 0.15) is 21.7 Å². The van der Waals surface area contributed by atoms with Gasteiger partial charge < -0.3 is 10.1 Å². The number of aryl methyl sites for hydroxylation is 2. The van der Waals surface area contributed by atoms with Gasteiger partial charge in [-0.15, -0.1) is 0 Å². The van der Waals surface area contributed by atoms with Crippen molar-refractivity contribution in [1.82, 2.24) is 19.6 Å². The lowest BCUT2D eigenvalue weighted by atomic mass is 10.3. The minimum absolute atomic E-state index is 0.296. The topological polar surface area (TPSA) is 81.4 Å². The third-order valence-electron chi connectivity index (χ3n) is 4.04. The van der Waals surface area contributed by atoms with Crippen molar-refractivity contribution in [3.05, 3.63) is 76.3 Å². The fraction of sp³-hybridized carbons (Fsp3) is 0.100. The molecule has 1 amide bonds. The van der Waals surface area contributed by atoms with Gasteiger partial charge in [0.1, 0.15) is 11.3 Å². The molecule has 0 bridgehead atoms. The van der Waals surface area contributed by atoms with Crippen LogP contribution in [0.2, 0.25) is 0 Å². The van der Waals surface area contributed by atoms with E-state index in [1.54, 1.807) is 22.8 Å². The minimum atomic E-state index is -0.296. The van der Waals surface area contributed by atoms with E-state index in [-0.39, 0.29) is 5.91 Å². The number of hydrogen-bond donors (Lipinski definition) is 1. The van der Waals surface area contributed by atoms with Gasteiger partial charge in [-0.05, 0) is 44.2 Å². The van der Waals surface area contributed by atoms with Gasteiger partial charge in [0.2, 0.25) is 5.88 Å². The third kappa shape index (κ3) is 3.72.